The molecule has 0 radical (unpaired) electrons. The Kier molecular flexibility index (Phi) is 3.84. The molecule has 1 heterocycles. The smallest absolute Gasteiger partial charge is 0.273 e. The zero-order chi connectivity index (χ0) is 14.2. The molecule has 0 atom stereocenters. The molecule has 0 fully saturated rings. The first-order chi connectivity index (χ1) is 8.79. The first kappa shape index (κ1) is 14.3. The molecular formula is C11H12BrN3O2S2. The summed E-state index contributed by atoms with van der Waals surface area (Å²) in [6.07, 6.45) is 0. The summed E-state index contributed by atoms with van der Waals surface area (Å²) in [4.78, 5) is 3.93. The predicted octanol–water partition coefficient (Wildman–Crippen LogP) is 2.91. The summed E-state index contributed by atoms with van der Waals surface area (Å²) in [7, 11) is -3.66. The van der Waals surface area contributed by atoms with Crippen LogP contribution in [0.25, 0.3) is 0 Å². The van der Waals surface area contributed by atoms with Gasteiger partial charge in [0.1, 0.15) is 0 Å². The molecule has 2 rings (SSSR count). The van der Waals surface area contributed by atoms with Crippen molar-refractivity contribution in [3.05, 3.63) is 33.9 Å². The second-order valence-corrected chi connectivity index (χ2v) is 7.81. The van der Waals surface area contributed by atoms with E-state index in [1.807, 2.05) is 19.1 Å². The quantitative estimate of drug-likeness (QED) is 0.879. The van der Waals surface area contributed by atoms with Gasteiger partial charge in [-0.1, -0.05) is 33.3 Å². The number of nitrogens with one attached hydrogen (secondary N) is 1. The van der Waals surface area contributed by atoms with Crippen molar-refractivity contribution < 1.29 is 8.42 Å². The van der Waals surface area contributed by atoms with Crippen molar-refractivity contribution in [3.63, 3.8) is 0 Å². The van der Waals surface area contributed by atoms with Crippen LogP contribution in [0.3, 0.4) is 0 Å². The van der Waals surface area contributed by atoms with E-state index in [1.54, 1.807) is 13.0 Å². The van der Waals surface area contributed by atoms with Crippen LogP contribution >= 0.6 is 27.3 Å². The minimum absolute atomic E-state index is 0.143. The van der Waals surface area contributed by atoms with Crippen molar-refractivity contribution in [1.82, 2.24) is 4.98 Å². The number of hydrogen-bond donors (Lipinski definition) is 2. The summed E-state index contributed by atoms with van der Waals surface area (Å²) >= 11 is 4.27. The second kappa shape index (κ2) is 5.10. The number of anilines is 2. The molecule has 1 aromatic heterocycles. The number of rotatable bonds is 3. The van der Waals surface area contributed by atoms with E-state index in [0.717, 1.165) is 21.4 Å². The van der Waals surface area contributed by atoms with Gasteiger partial charge in [0, 0.05) is 4.47 Å². The molecule has 0 aliphatic carbocycles. The van der Waals surface area contributed by atoms with Crippen molar-refractivity contribution in [2.75, 3.05) is 10.5 Å². The molecule has 0 bridgehead atoms. The molecule has 0 saturated carbocycles. The summed E-state index contributed by atoms with van der Waals surface area (Å²) < 4.78 is 28.1. The van der Waals surface area contributed by atoms with E-state index < -0.39 is 10.0 Å². The lowest BCUT2D eigenvalue weighted by atomic mass is 10.2. The molecule has 0 unspecified atom stereocenters. The molecular weight excluding hydrogens is 350 g/mol. The normalized spacial score (nSPS) is 11.5. The average Bonchev–Trinajstić information content (AvgIpc) is 2.63. The number of nitrogens with zero attached hydrogens (tertiary/aromatic N) is 1. The summed E-state index contributed by atoms with van der Waals surface area (Å²) in [5, 5.41) is 0.240. The molecule has 0 spiro atoms. The van der Waals surface area contributed by atoms with Gasteiger partial charge in [-0.25, -0.2) is 13.4 Å². The van der Waals surface area contributed by atoms with E-state index in [1.165, 1.54) is 0 Å². The van der Waals surface area contributed by atoms with Crippen LogP contribution in [0.2, 0.25) is 0 Å². The van der Waals surface area contributed by atoms with Gasteiger partial charge in [-0.05, 0) is 31.5 Å². The molecule has 2 aromatic rings. The number of aryl methyl sites for hydroxylation is 2. The monoisotopic (exact) mass is 361 g/mol. The Morgan fingerprint density at radius 3 is 2.63 bits per heavy atom. The fourth-order valence-corrected chi connectivity index (χ4v) is 4.33. The zero-order valence-electron chi connectivity index (χ0n) is 10.3. The van der Waals surface area contributed by atoms with Gasteiger partial charge >= 0.3 is 0 Å². The largest absolute Gasteiger partial charge is 0.375 e. The molecule has 3 N–H and O–H groups in total. The van der Waals surface area contributed by atoms with Crippen molar-refractivity contribution in [2.24, 2.45) is 0 Å². The van der Waals surface area contributed by atoms with E-state index in [4.69, 9.17) is 5.73 Å². The third kappa shape index (κ3) is 3.07. The molecule has 0 aliphatic heterocycles. The molecule has 0 saturated heterocycles. The van der Waals surface area contributed by atoms with Gasteiger partial charge in [0.15, 0.2) is 9.34 Å². The maximum absolute atomic E-state index is 12.3. The van der Waals surface area contributed by atoms with Crippen molar-refractivity contribution >= 4 is 48.1 Å². The van der Waals surface area contributed by atoms with Crippen LogP contribution in [0, 0.1) is 13.8 Å². The van der Waals surface area contributed by atoms with Gasteiger partial charge in [0.25, 0.3) is 10.0 Å². The van der Waals surface area contributed by atoms with Crippen LogP contribution in [0.4, 0.5) is 10.8 Å². The summed E-state index contributed by atoms with van der Waals surface area (Å²) in [5.41, 5.74) is 7.30. The minimum Gasteiger partial charge on any atom is -0.375 e. The summed E-state index contributed by atoms with van der Waals surface area (Å²) in [5.74, 6) is 0. The number of benzene rings is 1. The highest BCUT2D eigenvalue weighted by Gasteiger charge is 2.22. The minimum atomic E-state index is -3.66. The van der Waals surface area contributed by atoms with Gasteiger partial charge in [0.2, 0.25) is 0 Å². The maximum Gasteiger partial charge on any atom is 0.273 e. The summed E-state index contributed by atoms with van der Waals surface area (Å²) in [6, 6.07) is 5.39. The Balaban J connectivity index is 2.42. The van der Waals surface area contributed by atoms with E-state index in [2.05, 4.69) is 25.6 Å². The van der Waals surface area contributed by atoms with Crippen LogP contribution in [0.5, 0.6) is 0 Å². The number of sulfonamides is 1. The molecule has 1 aromatic carbocycles. The lowest BCUT2D eigenvalue weighted by Crippen LogP contribution is -2.13. The van der Waals surface area contributed by atoms with Crippen molar-refractivity contribution in [3.8, 4) is 0 Å². The number of hydrogen-bond acceptors (Lipinski definition) is 5. The highest BCUT2D eigenvalue weighted by molar-refractivity contribution is 9.10. The van der Waals surface area contributed by atoms with Crippen LogP contribution < -0.4 is 10.5 Å². The van der Waals surface area contributed by atoms with Crippen LogP contribution in [0.1, 0.15) is 11.3 Å². The standard InChI is InChI=1S/C11H12BrN3O2S2/c1-6-3-4-8(12)5-9(6)15-19(16,17)10-7(2)14-11(13)18-10/h3-5,15H,1-2H3,(H2,13,14). The molecule has 5 nitrogen and oxygen atoms in total. The molecule has 8 heteroatoms. The number of halogens is 1. The number of nitrogen functional groups attached to an aromatic ring is 1. The third-order valence-electron chi connectivity index (χ3n) is 2.46. The average molecular weight is 362 g/mol. The molecule has 102 valence electrons. The van der Waals surface area contributed by atoms with Gasteiger partial charge in [-0.2, -0.15) is 0 Å². The highest BCUT2D eigenvalue weighted by Crippen LogP contribution is 2.29. The Labute approximate surface area is 124 Å². The van der Waals surface area contributed by atoms with Gasteiger partial charge in [-0.15, -0.1) is 0 Å². The van der Waals surface area contributed by atoms with Gasteiger partial charge in [-0.3, -0.25) is 4.72 Å². The van der Waals surface area contributed by atoms with E-state index in [0.29, 0.717) is 11.4 Å². The number of thiazole rings is 1. The lowest BCUT2D eigenvalue weighted by Gasteiger charge is -2.10. The second-order valence-electron chi connectivity index (χ2n) is 3.99. The highest BCUT2D eigenvalue weighted by atomic mass is 79.9. The van der Waals surface area contributed by atoms with Crippen molar-refractivity contribution in [2.45, 2.75) is 18.1 Å². The first-order valence-electron chi connectivity index (χ1n) is 5.31. The molecule has 19 heavy (non-hydrogen) atoms. The lowest BCUT2D eigenvalue weighted by molar-refractivity contribution is 0.602. The van der Waals surface area contributed by atoms with Crippen LogP contribution in [-0.4, -0.2) is 13.4 Å². The van der Waals surface area contributed by atoms with Gasteiger partial charge in [0.05, 0.1) is 11.4 Å². The third-order valence-corrected chi connectivity index (χ3v) is 5.91. The van der Waals surface area contributed by atoms with E-state index >= 15 is 0 Å². The zero-order valence-corrected chi connectivity index (χ0v) is 13.5. The predicted molar refractivity (Wildman–Crippen MR) is 81.0 cm³/mol. The number of nitrogens with two attached hydrogens (primary N) is 1. The molecule has 0 aliphatic rings. The summed E-state index contributed by atoms with van der Waals surface area (Å²) in [6.45, 7) is 3.45. The Morgan fingerprint density at radius 2 is 2.05 bits per heavy atom. The Hall–Kier alpha value is -1.12. The van der Waals surface area contributed by atoms with Crippen LogP contribution in [-0.2, 0) is 10.0 Å². The molecule has 0 amide bonds. The topological polar surface area (TPSA) is 85.1 Å². The van der Waals surface area contributed by atoms with E-state index in [9.17, 15) is 8.42 Å². The Morgan fingerprint density at radius 1 is 1.37 bits per heavy atom. The van der Waals surface area contributed by atoms with Crippen molar-refractivity contribution in [1.29, 1.82) is 0 Å². The maximum atomic E-state index is 12.3. The first-order valence-corrected chi connectivity index (χ1v) is 8.41. The SMILES string of the molecule is Cc1ccc(Br)cc1NS(=O)(=O)c1sc(N)nc1C. The Bertz CT molecular complexity index is 726. The fraction of sp³-hybridized carbons (Fsp3) is 0.182. The van der Waals surface area contributed by atoms with Gasteiger partial charge < -0.3 is 5.73 Å². The fourth-order valence-electron chi connectivity index (χ4n) is 1.55. The van der Waals surface area contributed by atoms with Crippen LogP contribution in [0.15, 0.2) is 26.9 Å². The number of aromatic nitrogens is 1. The van der Waals surface area contributed by atoms with E-state index in [-0.39, 0.29) is 9.34 Å².